The van der Waals surface area contributed by atoms with Gasteiger partial charge in [0, 0.05) is 17.3 Å². The van der Waals surface area contributed by atoms with Gasteiger partial charge in [0.25, 0.3) is 5.91 Å². The third-order valence-corrected chi connectivity index (χ3v) is 2.50. The van der Waals surface area contributed by atoms with Gasteiger partial charge in [-0.2, -0.15) is 0 Å². The molecular formula is C15H17FN4O. The minimum atomic E-state index is -0.374. The van der Waals surface area contributed by atoms with E-state index in [1.807, 2.05) is 20.8 Å². The normalized spacial score (nSPS) is 11.0. The number of anilines is 2. The first-order chi connectivity index (χ1) is 9.83. The fourth-order valence-corrected chi connectivity index (χ4v) is 1.66. The summed E-state index contributed by atoms with van der Waals surface area (Å²) in [4.78, 5) is 20.1. The first kappa shape index (κ1) is 14.9. The zero-order valence-electron chi connectivity index (χ0n) is 12.1. The molecule has 0 radical (unpaired) electrons. The van der Waals surface area contributed by atoms with E-state index < -0.39 is 0 Å². The number of carbonyl (C=O) groups excluding carboxylic acids is 1. The number of nitrogens with one attached hydrogen (secondary N) is 2. The van der Waals surface area contributed by atoms with Gasteiger partial charge in [-0.05, 0) is 45.0 Å². The van der Waals surface area contributed by atoms with Crippen LogP contribution in [0.1, 0.15) is 31.3 Å². The van der Waals surface area contributed by atoms with E-state index in [2.05, 4.69) is 20.6 Å². The van der Waals surface area contributed by atoms with E-state index in [-0.39, 0.29) is 23.0 Å². The molecular weight excluding hydrogens is 271 g/mol. The second kappa shape index (κ2) is 5.87. The molecule has 5 nitrogen and oxygen atoms in total. The van der Waals surface area contributed by atoms with Gasteiger partial charge in [0.15, 0.2) is 0 Å². The highest BCUT2D eigenvalue weighted by molar-refractivity contribution is 6.03. The van der Waals surface area contributed by atoms with Gasteiger partial charge in [-0.15, -0.1) is 0 Å². The SMILES string of the molecule is CC(C)(C)Nc1cc(C(=O)Nc2ccc(F)cc2)ncn1. The molecule has 0 unspecified atom stereocenters. The van der Waals surface area contributed by atoms with Gasteiger partial charge in [-0.1, -0.05) is 0 Å². The van der Waals surface area contributed by atoms with E-state index in [0.717, 1.165) is 0 Å². The van der Waals surface area contributed by atoms with Gasteiger partial charge < -0.3 is 10.6 Å². The minimum absolute atomic E-state index is 0.168. The summed E-state index contributed by atoms with van der Waals surface area (Å²) >= 11 is 0. The van der Waals surface area contributed by atoms with E-state index in [1.165, 1.54) is 30.6 Å². The average molecular weight is 288 g/mol. The zero-order chi connectivity index (χ0) is 15.5. The van der Waals surface area contributed by atoms with Crippen LogP contribution in [0.15, 0.2) is 36.7 Å². The summed E-state index contributed by atoms with van der Waals surface area (Å²) in [7, 11) is 0. The molecule has 2 aromatic rings. The van der Waals surface area contributed by atoms with Crippen LogP contribution in [0.2, 0.25) is 0 Å². The van der Waals surface area contributed by atoms with Crippen molar-refractivity contribution in [2.45, 2.75) is 26.3 Å². The fourth-order valence-electron chi connectivity index (χ4n) is 1.66. The predicted octanol–water partition coefficient (Wildman–Crippen LogP) is 3.08. The van der Waals surface area contributed by atoms with Crippen molar-refractivity contribution in [3.63, 3.8) is 0 Å². The Hall–Kier alpha value is -2.50. The Balaban J connectivity index is 2.12. The summed E-state index contributed by atoms with van der Waals surface area (Å²) in [6.07, 6.45) is 1.33. The van der Waals surface area contributed by atoms with E-state index in [9.17, 15) is 9.18 Å². The maximum atomic E-state index is 12.8. The molecule has 1 aromatic carbocycles. The van der Waals surface area contributed by atoms with E-state index in [1.54, 1.807) is 6.07 Å². The lowest BCUT2D eigenvalue weighted by Gasteiger charge is -2.21. The molecule has 6 heteroatoms. The number of hydrogen-bond acceptors (Lipinski definition) is 4. The Kier molecular flexibility index (Phi) is 4.16. The third kappa shape index (κ3) is 4.52. The second-order valence-electron chi connectivity index (χ2n) is 5.62. The van der Waals surface area contributed by atoms with E-state index >= 15 is 0 Å². The molecule has 2 rings (SSSR count). The largest absolute Gasteiger partial charge is 0.365 e. The molecule has 2 N–H and O–H groups in total. The summed E-state index contributed by atoms with van der Waals surface area (Å²) < 4.78 is 12.8. The molecule has 0 aliphatic carbocycles. The molecule has 0 saturated heterocycles. The first-order valence-corrected chi connectivity index (χ1v) is 6.51. The van der Waals surface area contributed by atoms with Gasteiger partial charge >= 0.3 is 0 Å². The maximum Gasteiger partial charge on any atom is 0.274 e. The molecule has 0 aliphatic rings. The van der Waals surface area contributed by atoms with Crippen LogP contribution in [0.4, 0.5) is 15.9 Å². The number of aromatic nitrogens is 2. The quantitative estimate of drug-likeness (QED) is 0.911. The molecule has 1 amide bonds. The van der Waals surface area contributed by atoms with Gasteiger partial charge in [0.05, 0.1) is 0 Å². The van der Waals surface area contributed by atoms with Crippen LogP contribution >= 0.6 is 0 Å². The van der Waals surface area contributed by atoms with Crippen molar-refractivity contribution in [2.75, 3.05) is 10.6 Å². The second-order valence-corrected chi connectivity index (χ2v) is 5.62. The van der Waals surface area contributed by atoms with Crippen LogP contribution in [-0.2, 0) is 0 Å². The van der Waals surface area contributed by atoms with Crippen molar-refractivity contribution >= 4 is 17.4 Å². The molecule has 1 aromatic heterocycles. The highest BCUT2D eigenvalue weighted by Gasteiger charge is 2.13. The number of halogens is 1. The smallest absolute Gasteiger partial charge is 0.274 e. The van der Waals surface area contributed by atoms with Crippen molar-refractivity contribution in [3.8, 4) is 0 Å². The number of hydrogen-bond donors (Lipinski definition) is 2. The van der Waals surface area contributed by atoms with Crippen LogP contribution in [0.25, 0.3) is 0 Å². The predicted molar refractivity (Wildman–Crippen MR) is 79.8 cm³/mol. The van der Waals surface area contributed by atoms with Crippen LogP contribution in [-0.4, -0.2) is 21.4 Å². The standard InChI is InChI=1S/C15H17FN4O/c1-15(2,3)20-13-8-12(17-9-18-13)14(21)19-11-6-4-10(16)5-7-11/h4-9H,1-3H3,(H,19,21)(H,17,18,20). The van der Waals surface area contributed by atoms with Gasteiger partial charge in [-0.3, -0.25) is 4.79 Å². The molecule has 0 spiro atoms. The fraction of sp³-hybridized carbons (Fsp3) is 0.267. The number of amides is 1. The molecule has 0 fully saturated rings. The topological polar surface area (TPSA) is 66.9 Å². The van der Waals surface area contributed by atoms with Crippen molar-refractivity contribution in [3.05, 3.63) is 48.2 Å². The third-order valence-electron chi connectivity index (χ3n) is 2.50. The van der Waals surface area contributed by atoms with E-state index in [4.69, 9.17) is 0 Å². The van der Waals surface area contributed by atoms with Gasteiger partial charge in [-0.25, -0.2) is 14.4 Å². The van der Waals surface area contributed by atoms with Crippen molar-refractivity contribution in [1.29, 1.82) is 0 Å². The van der Waals surface area contributed by atoms with E-state index in [0.29, 0.717) is 11.5 Å². The molecule has 0 saturated carbocycles. The Morgan fingerprint density at radius 2 is 1.81 bits per heavy atom. The summed E-state index contributed by atoms with van der Waals surface area (Å²) in [5.41, 5.74) is 0.574. The Morgan fingerprint density at radius 1 is 1.14 bits per heavy atom. The average Bonchev–Trinajstić information content (AvgIpc) is 2.40. The zero-order valence-corrected chi connectivity index (χ0v) is 12.1. The van der Waals surface area contributed by atoms with Gasteiger partial charge in [0.1, 0.15) is 23.7 Å². The Bertz CT molecular complexity index is 635. The van der Waals surface area contributed by atoms with Crippen LogP contribution in [0.5, 0.6) is 0 Å². The number of benzene rings is 1. The molecule has 21 heavy (non-hydrogen) atoms. The molecule has 0 aliphatic heterocycles. The van der Waals surface area contributed by atoms with Crippen molar-refractivity contribution in [1.82, 2.24) is 9.97 Å². The van der Waals surface area contributed by atoms with Crippen LogP contribution in [0, 0.1) is 5.82 Å². The molecule has 0 atom stereocenters. The summed E-state index contributed by atoms with van der Waals surface area (Å²) in [5, 5.41) is 5.82. The maximum absolute atomic E-state index is 12.8. The number of nitrogens with zero attached hydrogens (tertiary/aromatic N) is 2. The van der Waals surface area contributed by atoms with Crippen molar-refractivity contribution in [2.24, 2.45) is 0 Å². The van der Waals surface area contributed by atoms with Crippen LogP contribution in [0.3, 0.4) is 0 Å². The lowest BCUT2D eigenvalue weighted by atomic mass is 10.1. The number of carbonyl (C=O) groups is 1. The minimum Gasteiger partial charge on any atom is -0.365 e. The lowest BCUT2D eigenvalue weighted by molar-refractivity contribution is 0.102. The lowest BCUT2D eigenvalue weighted by Crippen LogP contribution is -2.27. The number of rotatable bonds is 3. The first-order valence-electron chi connectivity index (χ1n) is 6.51. The molecule has 110 valence electrons. The van der Waals surface area contributed by atoms with Crippen molar-refractivity contribution < 1.29 is 9.18 Å². The Morgan fingerprint density at radius 3 is 2.43 bits per heavy atom. The van der Waals surface area contributed by atoms with Crippen LogP contribution < -0.4 is 10.6 Å². The monoisotopic (exact) mass is 288 g/mol. The highest BCUT2D eigenvalue weighted by Crippen LogP contribution is 2.14. The molecule has 1 heterocycles. The Labute approximate surface area is 122 Å². The summed E-state index contributed by atoms with van der Waals surface area (Å²) in [6.45, 7) is 5.98. The summed E-state index contributed by atoms with van der Waals surface area (Å²) in [5.74, 6) is -0.158. The van der Waals surface area contributed by atoms with Gasteiger partial charge in [0.2, 0.25) is 0 Å². The highest BCUT2D eigenvalue weighted by atomic mass is 19.1. The molecule has 0 bridgehead atoms. The summed E-state index contributed by atoms with van der Waals surface area (Å²) in [6, 6.07) is 7.11.